The Bertz CT molecular complexity index is 2220. The minimum atomic E-state index is -1.36. The van der Waals surface area contributed by atoms with E-state index in [4.69, 9.17) is 22.9 Å². The van der Waals surface area contributed by atoms with Gasteiger partial charge in [0.15, 0.2) is 0 Å². The third-order valence-corrected chi connectivity index (χ3v) is 10.4. The number of carbonyl (C=O) groups is 10. The highest BCUT2D eigenvalue weighted by Gasteiger charge is 2.22. The van der Waals surface area contributed by atoms with Crippen LogP contribution in [0.4, 0.5) is 0 Å². The van der Waals surface area contributed by atoms with Crippen LogP contribution < -0.4 is 54.8 Å². The van der Waals surface area contributed by atoms with Crippen LogP contribution in [0.5, 0.6) is 0 Å². The van der Waals surface area contributed by atoms with E-state index in [9.17, 15) is 47.9 Å². The van der Waals surface area contributed by atoms with Crippen molar-refractivity contribution in [3.8, 4) is 0 Å². The van der Waals surface area contributed by atoms with Crippen molar-refractivity contribution >= 4 is 102 Å². The third-order valence-electron chi connectivity index (χ3n) is 7.96. The minimum absolute atomic E-state index is 0.171. The van der Waals surface area contributed by atoms with E-state index in [2.05, 4.69) is 41.9 Å². The average molecular weight is 863 g/mol. The Hall–Kier alpha value is -7.34. The first kappa shape index (κ1) is 45.4. The van der Waals surface area contributed by atoms with Crippen LogP contribution in [-0.4, -0.2) is 107 Å². The van der Waals surface area contributed by atoms with Gasteiger partial charge in [0.25, 0.3) is 11.8 Å². The summed E-state index contributed by atoms with van der Waals surface area (Å²) in [5.41, 5.74) is 21.9. The van der Waals surface area contributed by atoms with Crippen LogP contribution in [0.15, 0.2) is 70.7 Å². The zero-order valence-corrected chi connectivity index (χ0v) is 32.9. The molecule has 0 fully saturated rings. The second-order valence-electron chi connectivity index (χ2n) is 12.6. The monoisotopic (exact) mass is 862 g/mol. The van der Waals surface area contributed by atoms with Gasteiger partial charge in [0.05, 0.1) is 50.1 Å². The number of nitrogens with one attached hydrogen (secondary N) is 6. The highest BCUT2D eigenvalue weighted by atomic mass is 33.1. The largest absolute Gasteiger partial charge is 0.370 e. The molecule has 22 nitrogen and oxygen atoms in total. The summed E-state index contributed by atoms with van der Waals surface area (Å²) in [6, 6.07) is 10.4. The first-order valence-electron chi connectivity index (χ1n) is 17.5. The maximum Gasteiger partial charge on any atom is 0.251 e. The zero-order valence-electron chi connectivity index (χ0n) is 31.3. The van der Waals surface area contributed by atoms with Crippen molar-refractivity contribution in [1.29, 1.82) is 0 Å². The fourth-order valence-corrected chi connectivity index (χ4v) is 7.47. The number of pyridine rings is 2. The van der Waals surface area contributed by atoms with Gasteiger partial charge in [-0.1, -0.05) is 33.7 Å². The van der Waals surface area contributed by atoms with Gasteiger partial charge < -0.3 is 54.8 Å². The van der Waals surface area contributed by atoms with Crippen LogP contribution in [0.1, 0.15) is 33.6 Å². The summed E-state index contributed by atoms with van der Waals surface area (Å²) in [5.74, 6) is -8.09. The van der Waals surface area contributed by atoms with Crippen molar-refractivity contribution in [1.82, 2.24) is 41.9 Å². The molecule has 0 aliphatic heterocycles. The lowest BCUT2D eigenvalue weighted by molar-refractivity contribution is -0.130. The molecule has 24 heteroatoms. The molecular weight excluding hydrogens is 825 g/mol. The molecule has 0 saturated heterocycles. The van der Waals surface area contributed by atoms with Gasteiger partial charge in [0, 0.05) is 44.1 Å². The highest BCUT2D eigenvalue weighted by molar-refractivity contribution is 8.76. The van der Waals surface area contributed by atoms with Crippen LogP contribution in [0.3, 0.4) is 0 Å². The Balaban J connectivity index is 1.40. The van der Waals surface area contributed by atoms with Gasteiger partial charge in [-0.15, -0.1) is 0 Å². The molecule has 14 N–H and O–H groups in total. The lowest BCUT2D eigenvalue weighted by Gasteiger charge is -2.14. The van der Waals surface area contributed by atoms with Crippen LogP contribution in [0.2, 0.25) is 0 Å². The standard InChI is InChI=1S/C36H38N12O10S2/c37-25(49)11-21(33(39)55)47-29(53)15-43-27(51)13-45-35(57)19-7-17-3-1-5-41-31(17)23(9-19)59-60-24-10-20(8-18-4-2-6-42-32(18)24)36(58)46-14-28(52)44-16-30(54)48-22(34(40)56)12-26(38)50/h1-10,21-22H,11-16H2,(H2,37,49)(H2,38,50)(H2,39,55)(H2,40,56)(H,43,51)(H,44,52)(H,45,57)(H,46,58)(H,47,53)(H,48,54)/t21-,22-/m0/s1. The second-order valence-corrected chi connectivity index (χ2v) is 14.8. The topological polar surface area (TPSA) is 373 Å². The van der Waals surface area contributed by atoms with Gasteiger partial charge >= 0.3 is 0 Å². The van der Waals surface area contributed by atoms with Crippen molar-refractivity contribution in [2.45, 2.75) is 34.7 Å². The number of rotatable bonds is 21. The highest BCUT2D eigenvalue weighted by Crippen LogP contribution is 2.43. The molecule has 10 amide bonds. The van der Waals surface area contributed by atoms with Crippen LogP contribution in [0, 0.1) is 0 Å². The summed E-state index contributed by atoms with van der Waals surface area (Å²) in [7, 11) is 2.43. The van der Waals surface area contributed by atoms with Crippen LogP contribution in [-0.2, 0) is 38.4 Å². The molecule has 2 aromatic carbocycles. The number of nitrogens with zero attached hydrogens (tertiary/aromatic N) is 2. The summed E-state index contributed by atoms with van der Waals surface area (Å²) in [6.45, 7) is -2.20. The molecule has 0 bridgehead atoms. The summed E-state index contributed by atoms with van der Waals surface area (Å²) < 4.78 is 0. The van der Waals surface area contributed by atoms with E-state index in [1.807, 2.05) is 0 Å². The first-order chi connectivity index (χ1) is 28.5. The molecule has 0 aliphatic carbocycles. The Morgan fingerprint density at radius 3 is 1.23 bits per heavy atom. The summed E-state index contributed by atoms with van der Waals surface area (Å²) in [5, 5.41) is 15.1. The number of aromatic nitrogens is 2. The zero-order chi connectivity index (χ0) is 43.9. The Labute approximate surface area is 347 Å². The van der Waals surface area contributed by atoms with Gasteiger partial charge in [-0.05, 0) is 36.4 Å². The molecule has 0 aliphatic rings. The summed E-state index contributed by atoms with van der Waals surface area (Å²) >= 11 is 0. The van der Waals surface area contributed by atoms with Crippen LogP contribution >= 0.6 is 21.6 Å². The Kier molecular flexibility index (Phi) is 16.2. The van der Waals surface area contributed by atoms with Gasteiger partial charge in [-0.25, -0.2) is 0 Å². The number of hydrogen-bond donors (Lipinski definition) is 10. The molecule has 2 atom stereocenters. The number of hydrogen-bond acceptors (Lipinski definition) is 14. The molecular formula is C36H38N12O10S2. The second kappa shape index (κ2) is 21.4. The smallest absolute Gasteiger partial charge is 0.251 e. The average Bonchev–Trinajstić information content (AvgIpc) is 3.20. The summed E-state index contributed by atoms with van der Waals surface area (Å²) in [6.07, 6.45) is 2.10. The van der Waals surface area contributed by atoms with Gasteiger partial charge in [-0.2, -0.15) is 0 Å². The van der Waals surface area contributed by atoms with E-state index in [0.717, 1.165) is 0 Å². The third kappa shape index (κ3) is 13.7. The predicted octanol–water partition coefficient (Wildman–Crippen LogP) is -3.03. The molecule has 0 saturated carbocycles. The number of fused-ring (bicyclic) bond motifs is 2. The predicted molar refractivity (Wildman–Crippen MR) is 216 cm³/mol. The lowest BCUT2D eigenvalue weighted by atomic mass is 10.1. The van der Waals surface area contributed by atoms with Crippen molar-refractivity contribution in [3.05, 3.63) is 72.1 Å². The Morgan fingerprint density at radius 2 is 0.883 bits per heavy atom. The molecule has 2 heterocycles. The van der Waals surface area contributed by atoms with E-state index >= 15 is 0 Å². The maximum atomic E-state index is 13.2. The molecule has 4 aromatic rings. The quantitative estimate of drug-likeness (QED) is 0.0373. The maximum absolute atomic E-state index is 13.2. The van der Waals surface area contributed by atoms with E-state index in [1.165, 1.54) is 21.6 Å². The number of primary amides is 4. The minimum Gasteiger partial charge on any atom is -0.370 e. The number of nitrogens with two attached hydrogens (primary N) is 4. The van der Waals surface area contributed by atoms with Gasteiger partial charge in [0.2, 0.25) is 47.3 Å². The van der Waals surface area contributed by atoms with Gasteiger partial charge in [-0.3, -0.25) is 57.9 Å². The fourth-order valence-electron chi connectivity index (χ4n) is 5.14. The van der Waals surface area contributed by atoms with Crippen molar-refractivity contribution in [3.63, 3.8) is 0 Å². The van der Waals surface area contributed by atoms with Crippen molar-refractivity contribution < 1.29 is 47.9 Å². The number of benzene rings is 2. The SMILES string of the molecule is NC(=O)C[C@H](NC(=O)CNC(=O)CNC(=O)c1cc(SSc2cc(C(=O)NCC(=O)NCC(=O)N[C@@H](CC(N)=O)C(N)=O)cc3cccnc23)c2ncccc2c1)C(N)=O. The van der Waals surface area contributed by atoms with Crippen LogP contribution in [0.25, 0.3) is 21.8 Å². The molecule has 4 rings (SSSR count). The molecule has 2 aromatic heterocycles. The molecule has 314 valence electrons. The first-order valence-corrected chi connectivity index (χ1v) is 19.6. The molecule has 60 heavy (non-hydrogen) atoms. The molecule has 0 radical (unpaired) electrons. The lowest BCUT2D eigenvalue weighted by Crippen LogP contribution is -2.50. The van der Waals surface area contributed by atoms with Gasteiger partial charge in [0.1, 0.15) is 12.1 Å². The number of amides is 10. The van der Waals surface area contributed by atoms with Crippen molar-refractivity contribution in [2.75, 3.05) is 26.2 Å². The van der Waals surface area contributed by atoms with Crippen molar-refractivity contribution in [2.24, 2.45) is 22.9 Å². The van der Waals surface area contributed by atoms with E-state index in [1.54, 1.807) is 60.9 Å². The molecule has 0 unspecified atom stereocenters. The van der Waals surface area contributed by atoms with E-state index in [0.29, 0.717) is 31.6 Å². The van der Waals surface area contributed by atoms with E-state index in [-0.39, 0.29) is 11.1 Å². The van der Waals surface area contributed by atoms with E-state index < -0.39 is 110 Å². The fraction of sp³-hybridized carbons (Fsp3) is 0.222. The molecule has 0 spiro atoms. The number of carbonyl (C=O) groups excluding carboxylic acids is 10. The normalized spacial score (nSPS) is 11.7. The Morgan fingerprint density at radius 1 is 0.517 bits per heavy atom. The summed E-state index contributed by atoms with van der Waals surface area (Å²) in [4.78, 5) is 131.